The summed E-state index contributed by atoms with van der Waals surface area (Å²) in [7, 11) is 0. The maximum absolute atomic E-state index is 13.7. The zero-order valence-electron chi connectivity index (χ0n) is 11.5. The third-order valence-corrected chi connectivity index (χ3v) is 4.62. The first-order chi connectivity index (χ1) is 10.0. The van der Waals surface area contributed by atoms with E-state index < -0.39 is 5.82 Å². The van der Waals surface area contributed by atoms with Gasteiger partial charge in [-0.3, -0.25) is 10.6 Å². The Morgan fingerprint density at radius 2 is 1.86 bits per heavy atom. The summed E-state index contributed by atoms with van der Waals surface area (Å²) in [5, 5.41) is 7.64. The van der Waals surface area contributed by atoms with Crippen LogP contribution in [-0.2, 0) is 5.54 Å². The van der Waals surface area contributed by atoms with Crippen LogP contribution in [0.4, 0.5) is 4.39 Å². The van der Waals surface area contributed by atoms with Crippen LogP contribution in [0.3, 0.4) is 0 Å². The topological polar surface area (TPSA) is 24.1 Å². The quantitative estimate of drug-likeness (QED) is 0.863. The number of rotatable bonds is 2. The van der Waals surface area contributed by atoms with E-state index in [9.17, 15) is 4.39 Å². The Morgan fingerprint density at radius 1 is 1.14 bits per heavy atom. The SMILES string of the molecule is C[C@@]1(c2ccc(Cl)cc2)NCN[C@@H]1c1ccc(Cl)c(F)c1. The number of benzene rings is 2. The summed E-state index contributed by atoms with van der Waals surface area (Å²) in [6.07, 6.45) is 0. The number of hydrogen-bond acceptors (Lipinski definition) is 2. The van der Waals surface area contributed by atoms with Crippen LogP contribution in [-0.4, -0.2) is 6.67 Å². The minimum Gasteiger partial charge on any atom is -0.296 e. The minimum absolute atomic E-state index is 0.0505. The Labute approximate surface area is 133 Å². The van der Waals surface area contributed by atoms with E-state index in [1.165, 1.54) is 6.07 Å². The average molecular weight is 325 g/mol. The predicted molar refractivity (Wildman–Crippen MR) is 84.1 cm³/mol. The summed E-state index contributed by atoms with van der Waals surface area (Å²) >= 11 is 11.7. The van der Waals surface area contributed by atoms with Gasteiger partial charge in [0.1, 0.15) is 5.82 Å². The van der Waals surface area contributed by atoms with Gasteiger partial charge in [0.2, 0.25) is 0 Å². The summed E-state index contributed by atoms with van der Waals surface area (Å²) < 4.78 is 13.7. The molecule has 0 aromatic heterocycles. The van der Waals surface area contributed by atoms with Crippen LogP contribution < -0.4 is 10.6 Å². The highest BCUT2D eigenvalue weighted by Crippen LogP contribution is 2.38. The van der Waals surface area contributed by atoms with E-state index in [2.05, 4.69) is 17.6 Å². The van der Waals surface area contributed by atoms with Gasteiger partial charge in [-0.25, -0.2) is 4.39 Å². The summed E-state index contributed by atoms with van der Waals surface area (Å²) in [6, 6.07) is 12.6. The highest BCUT2D eigenvalue weighted by atomic mass is 35.5. The van der Waals surface area contributed by atoms with E-state index >= 15 is 0 Å². The normalized spacial score (nSPS) is 25.2. The van der Waals surface area contributed by atoms with E-state index in [1.807, 2.05) is 30.3 Å². The summed E-state index contributed by atoms with van der Waals surface area (Å²) in [4.78, 5) is 0. The summed E-state index contributed by atoms with van der Waals surface area (Å²) in [5.41, 5.74) is 1.61. The van der Waals surface area contributed by atoms with E-state index in [-0.39, 0.29) is 16.6 Å². The molecule has 2 atom stereocenters. The highest BCUT2D eigenvalue weighted by Gasteiger charge is 2.40. The van der Waals surface area contributed by atoms with Gasteiger partial charge < -0.3 is 0 Å². The lowest BCUT2D eigenvalue weighted by Crippen LogP contribution is -2.38. The Bertz CT molecular complexity index is 660. The van der Waals surface area contributed by atoms with Crippen LogP contribution in [0.5, 0.6) is 0 Å². The van der Waals surface area contributed by atoms with Crippen LogP contribution >= 0.6 is 23.2 Å². The van der Waals surface area contributed by atoms with E-state index in [4.69, 9.17) is 23.2 Å². The van der Waals surface area contributed by atoms with E-state index in [1.54, 1.807) is 6.07 Å². The molecule has 0 radical (unpaired) electrons. The van der Waals surface area contributed by atoms with Crippen LogP contribution in [0, 0.1) is 5.82 Å². The molecule has 2 nitrogen and oxygen atoms in total. The van der Waals surface area contributed by atoms with Crippen molar-refractivity contribution in [2.75, 3.05) is 6.67 Å². The van der Waals surface area contributed by atoms with Crippen molar-refractivity contribution in [3.8, 4) is 0 Å². The fourth-order valence-corrected chi connectivity index (χ4v) is 3.09. The molecule has 0 amide bonds. The molecule has 0 bridgehead atoms. The fraction of sp³-hybridized carbons (Fsp3) is 0.250. The third kappa shape index (κ3) is 2.67. The molecule has 2 N–H and O–H groups in total. The van der Waals surface area contributed by atoms with E-state index in [0.29, 0.717) is 11.7 Å². The monoisotopic (exact) mass is 324 g/mol. The van der Waals surface area contributed by atoms with Gasteiger partial charge >= 0.3 is 0 Å². The molecule has 1 heterocycles. The van der Waals surface area contributed by atoms with Crippen molar-refractivity contribution in [3.05, 3.63) is 69.5 Å². The highest BCUT2D eigenvalue weighted by molar-refractivity contribution is 6.30. The molecule has 1 fully saturated rings. The molecule has 1 aliphatic rings. The van der Waals surface area contributed by atoms with Crippen molar-refractivity contribution in [2.24, 2.45) is 0 Å². The Balaban J connectivity index is 2.01. The minimum atomic E-state index is -0.402. The van der Waals surface area contributed by atoms with Gasteiger partial charge in [-0.2, -0.15) is 0 Å². The smallest absolute Gasteiger partial charge is 0.142 e. The number of nitrogens with one attached hydrogen (secondary N) is 2. The molecule has 0 spiro atoms. The van der Waals surface area contributed by atoms with Crippen molar-refractivity contribution in [3.63, 3.8) is 0 Å². The van der Waals surface area contributed by atoms with Gasteiger partial charge in [0.25, 0.3) is 0 Å². The van der Waals surface area contributed by atoms with Crippen molar-refractivity contribution in [2.45, 2.75) is 18.5 Å². The molecule has 1 aliphatic heterocycles. The maximum Gasteiger partial charge on any atom is 0.142 e. The van der Waals surface area contributed by atoms with Gasteiger partial charge in [-0.15, -0.1) is 0 Å². The lowest BCUT2D eigenvalue weighted by molar-refractivity contribution is 0.374. The Kier molecular flexibility index (Phi) is 3.93. The van der Waals surface area contributed by atoms with Gasteiger partial charge in [-0.1, -0.05) is 41.4 Å². The van der Waals surface area contributed by atoms with Crippen molar-refractivity contribution < 1.29 is 4.39 Å². The second kappa shape index (κ2) is 5.58. The molecule has 2 aromatic rings. The van der Waals surface area contributed by atoms with Crippen LogP contribution in [0.25, 0.3) is 0 Å². The molecule has 110 valence electrons. The standard InChI is InChI=1S/C16H15Cl2FN2/c1-16(11-3-5-12(17)6-4-11)15(20-9-21-16)10-2-7-13(18)14(19)8-10/h2-8,15,20-21H,9H2,1H3/t15-,16+/m1/s1. The molecule has 2 aromatic carbocycles. The van der Waals surface area contributed by atoms with Crippen LogP contribution in [0.15, 0.2) is 42.5 Å². The predicted octanol–water partition coefficient (Wildman–Crippen LogP) is 4.24. The molecule has 0 aliphatic carbocycles. The second-order valence-electron chi connectivity index (χ2n) is 5.37. The zero-order chi connectivity index (χ0) is 15.0. The molecule has 21 heavy (non-hydrogen) atoms. The van der Waals surface area contributed by atoms with Crippen LogP contribution in [0.2, 0.25) is 10.0 Å². The van der Waals surface area contributed by atoms with Crippen molar-refractivity contribution >= 4 is 23.2 Å². The second-order valence-corrected chi connectivity index (χ2v) is 6.22. The van der Waals surface area contributed by atoms with Gasteiger partial charge in [0.15, 0.2) is 0 Å². The third-order valence-electron chi connectivity index (χ3n) is 4.06. The average Bonchev–Trinajstić information content (AvgIpc) is 2.86. The van der Waals surface area contributed by atoms with Gasteiger partial charge in [0, 0.05) is 11.7 Å². The van der Waals surface area contributed by atoms with Crippen molar-refractivity contribution in [1.29, 1.82) is 0 Å². The first kappa shape index (κ1) is 14.8. The largest absolute Gasteiger partial charge is 0.296 e. The lowest BCUT2D eigenvalue weighted by Gasteiger charge is -2.32. The molecule has 0 unspecified atom stereocenters. The molecule has 5 heteroatoms. The molecule has 1 saturated heterocycles. The Morgan fingerprint density at radius 3 is 2.52 bits per heavy atom. The lowest BCUT2D eigenvalue weighted by atomic mass is 9.82. The molecular formula is C16H15Cl2FN2. The van der Waals surface area contributed by atoms with Gasteiger partial charge in [-0.05, 0) is 42.3 Å². The first-order valence-corrected chi connectivity index (χ1v) is 7.46. The fourth-order valence-electron chi connectivity index (χ4n) is 2.85. The maximum atomic E-state index is 13.7. The number of halogens is 3. The zero-order valence-corrected chi connectivity index (χ0v) is 13.0. The molecular weight excluding hydrogens is 310 g/mol. The van der Waals surface area contributed by atoms with Crippen LogP contribution in [0.1, 0.15) is 24.1 Å². The molecule has 3 rings (SSSR count). The molecule has 0 saturated carbocycles. The van der Waals surface area contributed by atoms with Crippen molar-refractivity contribution in [1.82, 2.24) is 10.6 Å². The summed E-state index contributed by atoms with van der Waals surface area (Å²) in [5.74, 6) is -0.402. The Hall–Kier alpha value is -1.13. The van der Waals surface area contributed by atoms with Gasteiger partial charge in [0.05, 0.1) is 16.6 Å². The van der Waals surface area contributed by atoms with E-state index in [0.717, 1.165) is 11.1 Å². The summed E-state index contributed by atoms with van der Waals surface area (Å²) in [6.45, 7) is 2.74. The number of hydrogen-bond donors (Lipinski definition) is 2. The first-order valence-electron chi connectivity index (χ1n) is 6.70.